The number of nitrogens with two attached hydrogens (primary N) is 1. The fraction of sp³-hybridized carbons (Fsp3) is 0.571. The van der Waals surface area contributed by atoms with Crippen LogP contribution in [0, 0.1) is 12.8 Å². The Morgan fingerprint density at radius 1 is 1.32 bits per heavy atom. The highest BCUT2D eigenvalue weighted by Gasteiger charge is 2.22. The van der Waals surface area contributed by atoms with Crippen LogP contribution in [-0.2, 0) is 16.6 Å². The normalized spacial score (nSPS) is 13.8. The monoisotopic (exact) mass is 284 g/mol. The Bertz CT molecular complexity index is 524. The van der Waals surface area contributed by atoms with Gasteiger partial charge in [-0.15, -0.1) is 0 Å². The Balaban J connectivity index is 3.07. The third-order valence-corrected chi connectivity index (χ3v) is 4.97. The van der Waals surface area contributed by atoms with Gasteiger partial charge >= 0.3 is 0 Å². The van der Waals surface area contributed by atoms with E-state index in [2.05, 4.69) is 4.72 Å². The predicted molar refractivity (Wildman–Crippen MR) is 78.3 cm³/mol. The maximum atomic E-state index is 12.4. The Kier molecular flexibility index (Phi) is 5.52. The highest BCUT2D eigenvalue weighted by atomic mass is 32.2. The van der Waals surface area contributed by atoms with E-state index in [9.17, 15) is 8.42 Å². The third kappa shape index (κ3) is 4.03. The van der Waals surface area contributed by atoms with Gasteiger partial charge in [0.1, 0.15) is 0 Å². The van der Waals surface area contributed by atoms with E-state index in [4.69, 9.17) is 5.73 Å². The molecular weight excluding hydrogens is 260 g/mol. The van der Waals surface area contributed by atoms with Crippen LogP contribution in [0.3, 0.4) is 0 Å². The van der Waals surface area contributed by atoms with Gasteiger partial charge < -0.3 is 5.73 Å². The van der Waals surface area contributed by atoms with E-state index in [0.717, 1.165) is 17.5 Å². The second-order valence-corrected chi connectivity index (χ2v) is 6.87. The Morgan fingerprint density at radius 2 is 1.95 bits per heavy atom. The average molecular weight is 284 g/mol. The molecule has 0 amide bonds. The SMILES string of the molecule is CCC(NS(=O)(=O)c1ccc(CN)cc1C)C(C)C. The fourth-order valence-electron chi connectivity index (χ4n) is 2.09. The molecule has 0 aliphatic rings. The molecule has 1 aromatic rings. The Morgan fingerprint density at radius 3 is 2.37 bits per heavy atom. The van der Waals surface area contributed by atoms with Crippen LogP contribution in [0.1, 0.15) is 38.3 Å². The molecular formula is C14H24N2O2S. The Labute approximate surface area is 116 Å². The average Bonchev–Trinajstić information content (AvgIpc) is 2.35. The van der Waals surface area contributed by atoms with Crippen molar-refractivity contribution in [1.29, 1.82) is 0 Å². The summed E-state index contributed by atoms with van der Waals surface area (Å²) >= 11 is 0. The zero-order valence-corrected chi connectivity index (χ0v) is 12.9. The highest BCUT2D eigenvalue weighted by Crippen LogP contribution is 2.18. The van der Waals surface area contributed by atoms with E-state index in [1.165, 1.54) is 0 Å². The van der Waals surface area contributed by atoms with Crippen molar-refractivity contribution in [3.05, 3.63) is 29.3 Å². The fourth-order valence-corrected chi connectivity index (χ4v) is 3.79. The number of hydrogen-bond acceptors (Lipinski definition) is 3. The first kappa shape index (κ1) is 16.1. The second kappa shape index (κ2) is 6.50. The molecule has 0 heterocycles. The van der Waals surface area contributed by atoms with Gasteiger partial charge in [-0.2, -0.15) is 0 Å². The summed E-state index contributed by atoms with van der Waals surface area (Å²) in [6.45, 7) is 8.22. The van der Waals surface area contributed by atoms with Gasteiger partial charge in [0.25, 0.3) is 0 Å². The lowest BCUT2D eigenvalue weighted by Gasteiger charge is -2.21. The van der Waals surface area contributed by atoms with Crippen molar-refractivity contribution in [2.75, 3.05) is 0 Å². The van der Waals surface area contributed by atoms with E-state index >= 15 is 0 Å². The number of hydrogen-bond donors (Lipinski definition) is 2. The van der Waals surface area contributed by atoms with Crippen molar-refractivity contribution in [3.63, 3.8) is 0 Å². The van der Waals surface area contributed by atoms with Crippen molar-refractivity contribution >= 4 is 10.0 Å². The number of rotatable bonds is 6. The smallest absolute Gasteiger partial charge is 0.241 e. The van der Waals surface area contributed by atoms with Crippen LogP contribution >= 0.6 is 0 Å². The van der Waals surface area contributed by atoms with Crippen molar-refractivity contribution in [1.82, 2.24) is 4.72 Å². The van der Waals surface area contributed by atoms with Gasteiger partial charge in [-0.25, -0.2) is 13.1 Å². The van der Waals surface area contributed by atoms with E-state index in [1.54, 1.807) is 19.1 Å². The number of nitrogens with one attached hydrogen (secondary N) is 1. The molecule has 3 N–H and O–H groups in total. The van der Waals surface area contributed by atoms with Crippen molar-refractivity contribution in [3.8, 4) is 0 Å². The zero-order valence-electron chi connectivity index (χ0n) is 12.1. The van der Waals surface area contributed by atoms with Gasteiger partial charge in [0, 0.05) is 12.6 Å². The molecule has 1 rings (SSSR count). The highest BCUT2D eigenvalue weighted by molar-refractivity contribution is 7.89. The van der Waals surface area contributed by atoms with E-state index in [1.807, 2.05) is 26.8 Å². The minimum Gasteiger partial charge on any atom is -0.326 e. The third-order valence-electron chi connectivity index (χ3n) is 3.32. The second-order valence-electron chi connectivity index (χ2n) is 5.18. The molecule has 4 nitrogen and oxygen atoms in total. The summed E-state index contributed by atoms with van der Waals surface area (Å²) in [7, 11) is -3.46. The van der Waals surface area contributed by atoms with Gasteiger partial charge in [-0.05, 0) is 36.5 Å². The molecule has 0 fully saturated rings. The summed E-state index contributed by atoms with van der Waals surface area (Å²) in [5.41, 5.74) is 7.22. The molecule has 0 bridgehead atoms. The first-order valence-electron chi connectivity index (χ1n) is 6.63. The summed E-state index contributed by atoms with van der Waals surface area (Å²) in [6, 6.07) is 5.17. The molecule has 5 heteroatoms. The topological polar surface area (TPSA) is 72.2 Å². The molecule has 1 aromatic carbocycles. The van der Waals surface area contributed by atoms with Crippen molar-refractivity contribution < 1.29 is 8.42 Å². The zero-order chi connectivity index (χ0) is 14.6. The van der Waals surface area contributed by atoms with Gasteiger partial charge in [0.15, 0.2) is 0 Å². The Hall–Kier alpha value is -0.910. The summed E-state index contributed by atoms with van der Waals surface area (Å²) in [4.78, 5) is 0.337. The first-order valence-corrected chi connectivity index (χ1v) is 8.12. The quantitative estimate of drug-likeness (QED) is 0.841. The maximum Gasteiger partial charge on any atom is 0.241 e. The van der Waals surface area contributed by atoms with Crippen molar-refractivity contribution in [2.45, 2.75) is 51.6 Å². The van der Waals surface area contributed by atoms with Crippen LogP contribution in [-0.4, -0.2) is 14.5 Å². The van der Waals surface area contributed by atoms with Crippen LogP contribution in [0.25, 0.3) is 0 Å². The van der Waals surface area contributed by atoms with E-state index in [-0.39, 0.29) is 12.0 Å². The van der Waals surface area contributed by atoms with Crippen LogP contribution in [0.2, 0.25) is 0 Å². The largest absolute Gasteiger partial charge is 0.326 e. The number of aryl methyl sites for hydroxylation is 1. The molecule has 0 saturated heterocycles. The molecule has 1 unspecified atom stereocenters. The predicted octanol–water partition coefficient (Wildman–Crippen LogP) is 2.17. The number of sulfonamides is 1. The molecule has 0 aromatic heterocycles. The standard InChI is InChI=1S/C14H24N2O2S/c1-5-13(10(2)3)16-19(17,18)14-7-6-12(9-15)8-11(14)4/h6-8,10,13,16H,5,9,15H2,1-4H3. The lowest BCUT2D eigenvalue weighted by atomic mass is 10.0. The lowest BCUT2D eigenvalue weighted by Crippen LogP contribution is -2.38. The van der Waals surface area contributed by atoms with Gasteiger partial charge in [-0.1, -0.05) is 32.9 Å². The molecule has 0 radical (unpaired) electrons. The number of benzene rings is 1. The first-order chi connectivity index (χ1) is 8.81. The van der Waals surface area contributed by atoms with E-state index in [0.29, 0.717) is 11.4 Å². The maximum absolute atomic E-state index is 12.4. The van der Waals surface area contributed by atoms with Crippen LogP contribution in [0.15, 0.2) is 23.1 Å². The van der Waals surface area contributed by atoms with Gasteiger partial charge in [-0.3, -0.25) is 0 Å². The van der Waals surface area contributed by atoms with Crippen LogP contribution in [0.5, 0.6) is 0 Å². The molecule has 0 saturated carbocycles. The van der Waals surface area contributed by atoms with Gasteiger partial charge in [0.05, 0.1) is 4.90 Å². The van der Waals surface area contributed by atoms with E-state index < -0.39 is 10.0 Å². The molecule has 108 valence electrons. The van der Waals surface area contributed by atoms with Crippen LogP contribution < -0.4 is 10.5 Å². The van der Waals surface area contributed by atoms with Crippen LogP contribution in [0.4, 0.5) is 0 Å². The minimum absolute atomic E-state index is 0.0430. The van der Waals surface area contributed by atoms with Gasteiger partial charge in [0.2, 0.25) is 10.0 Å². The summed E-state index contributed by atoms with van der Waals surface area (Å²) in [5.74, 6) is 0.267. The molecule has 19 heavy (non-hydrogen) atoms. The molecule has 0 aliphatic carbocycles. The summed E-state index contributed by atoms with van der Waals surface area (Å²) in [6.07, 6.45) is 0.775. The molecule has 1 atom stereocenters. The summed E-state index contributed by atoms with van der Waals surface area (Å²) < 4.78 is 27.5. The molecule has 0 spiro atoms. The summed E-state index contributed by atoms with van der Waals surface area (Å²) in [5, 5.41) is 0. The van der Waals surface area contributed by atoms with Crippen molar-refractivity contribution in [2.24, 2.45) is 11.7 Å². The molecule has 0 aliphatic heterocycles. The lowest BCUT2D eigenvalue weighted by molar-refractivity contribution is 0.437. The minimum atomic E-state index is -3.46.